The van der Waals surface area contributed by atoms with Crippen molar-refractivity contribution in [3.05, 3.63) is 40.8 Å². The number of carbonyl (C=O) groups is 1. The molecule has 0 saturated carbocycles. The van der Waals surface area contributed by atoms with E-state index in [1.165, 1.54) is 11.3 Å². The Morgan fingerprint density at radius 1 is 1.24 bits per heavy atom. The van der Waals surface area contributed by atoms with E-state index in [9.17, 15) is 4.79 Å². The maximum absolute atomic E-state index is 11.9. The second-order valence-electron chi connectivity index (χ2n) is 4.39. The number of amides is 1. The van der Waals surface area contributed by atoms with Crippen LogP contribution in [-0.2, 0) is 6.42 Å². The Hall–Kier alpha value is -2.21. The number of ether oxygens (including phenoxy) is 2. The molecule has 0 aliphatic carbocycles. The van der Waals surface area contributed by atoms with Gasteiger partial charge < -0.3 is 20.5 Å². The zero-order valence-electron chi connectivity index (χ0n) is 12.0. The second-order valence-corrected chi connectivity index (χ2v) is 5.34. The molecule has 0 fully saturated rings. The molecule has 0 saturated heterocycles. The lowest BCUT2D eigenvalue weighted by Crippen LogP contribution is -2.25. The van der Waals surface area contributed by atoms with Gasteiger partial charge in [-0.05, 0) is 35.6 Å². The summed E-state index contributed by atoms with van der Waals surface area (Å²) in [4.78, 5) is 11.9. The number of hydrogen-bond acceptors (Lipinski definition) is 5. The van der Waals surface area contributed by atoms with E-state index in [1.807, 2.05) is 18.2 Å². The molecule has 1 amide bonds. The number of rotatable bonds is 6. The van der Waals surface area contributed by atoms with Crippen molar-refractivity contribution in [1.82, 2.24) is 5.32 Å². The molecule has 6 heteroatoms. The Morgan fingerprint density at radius 3 is 2.62 bits per heavy atom. The zero-order chi connectivity index (χ0) is 15.2. The van der Waals surface area contributed by atoms with Gasteiger partial charge in [-0.25, -0.2) is 0 Å². The van der Waals surface area contributed by atoms with Crippen LogP contribution in [0.3, 0.4) is 0 Å². The van der Waals surface area contributed by atoms with Crippen molar-refractivity contribution in [2.75, 3.05) is 26.5 Å². The van der Waals surface area contributed by atoms with Gasteiger partial charge in [0, 0.05) is 6.54 Å². The van der Waals surface area contributed by atoms with E-state index in [1.54, 1.807) is 25.7 Å². The number of carbonyl (C=O) groups excluding carboxylic acids is 1. The van der Waals surface area contributed by atoms with Gasteiger partial charge in [0.2, 0.25) is 0 Å². The van der Waals surface area contributed by atoms with Gasteiger partial charge in [0.05, 0.1) is 24.8 Å². The number of nitrogens with one attached hydrogen (secondary N) is 1. The van der Waals surface area contributed by atoms with Gasteiger partial charge in [0.15, 0.2) is 11.5 Å². The van der Waals surface area contributed by atoms with E-state index in [4.69, 9.17) is 15.2 Å². The summed E-state index contributed by atoms with van der Waals surface area (Å²) in [5.41, 5.74) is 7.32. The minimum absolute atomic E-state index is 0.144. The van der Waals surface area contributed by atoms with Crippen molar-refractivity contribution in [3.8, 4) is 11.5 Å². The van der Waals surface area contributed by atoms with Crippen molar-refractivity contribution in [1.29, 1.82) is 0 Å². The lowest BCUT2D eigenvalue weighted by atomic mass is 10.1. The first-order chi connectivity index (χ1) is 10.2. The van der Waals surface area contributed by atoms with Crippen molar-refractivity contribution in [2.24, 2.45) is 0 Å². The third-order valence-electron chi connectivity index (χ3n) is 3.09. The van der Waals surface area contributed by atoms with Gasteiger partial charge in [-0.15, -0.1) is 11.3 Å². The highest BCUT2D eigenvalue weighted by Gasteiger charge is 2.10. The van der Waals surface area contributed by atoms with E-state index in [-0.39, 0.29) is 5.91 Å². The number of nitrogens with two attached hydrogens (primary N) is 1. The predicted octanol–water partition coefficient (Wildman–Crippen LogP) is 2.32. The van der Waals surface area contributed by atoms with E-state index in [0.29, 0.717) is 35.0 Å². The number of thiophene rings is 1. The number of anilines is 1. The van der Waals surface area contributed by atoms with Crippen LogP contribution in [-0.4, -0.2) is 26.7 Å². The highest BCUT2D eigenvalue weighted by molar-refractivity contribution is 7.14. The van der Waals surface area contributed by atoms with Crippen LogP contribution in [0.25, 0.3) is 0 Å². The van der Waals surface area contributed by atoms with Gasteiger partial charge in [-0.3, -0.25) is 4.79 Å². The van der Waals surface area contributed by atoms with Crippen LogP contribution in [0.2, 0.25) is 0 Å². The molecular weight excluding hydrogens is 288 g/mol. The molecule has 0 spiro atoms. The van der Waals surface area contributed by atoms with Gasteiger partial charge >= 0.3 is 0 Å². The molecule has 5 nitrogen and oxygen atoms in total. The van der Waals surface area contributed by atoms with Crippen LogP contribution in [0, 0.1) is 0 Å². The lowest BCUT2D eigenvalue weighted by Gasteiger charge is -2.10. The molecule has 0 bridgehead atoms. The average molecular weight is 306 g/mol. The minimum atomic E-state index is -0.144. The van der Waals surface area contributed by atoms with Crippen LogP contribution >= 0.6 is 11.3 Å². The first-order valence-electron chi connectivity index (χ1n) is 6.47. The molecule has 0 unspecified atom stereocenters. The van der Waals surface area contributed by atoms with Crippen molar-refractivity contribution in [2.45, 2.75) is 6.42 Å². The SMILES string of the molecule is COc1ccc(CCNC(=O)c2ccsc2N)cc1OC. The van der Waals surface area contributed by atoms with Crippen LogP contribution < -0.4 is 20.5 Å². The second kappa shape index (κ2) is 6.99. The summed E-state index contributed by atoms with van der Waals surface area (Å²) < 4.78 is 10.4. The topological polar surface area (TPSA) is 73.6 Å². The largest absolute Gasteiger partial charge is 0.493 e. The summed E-state index contributed by atoms with van der Waals surface area (Å²) in [6, 6.07) is 7.44. The predicted molar refractivity (Wildman–Crippen MR) is 84.3 cm³/mol. The molecule has 1 heterocycles. The van der Waals surface area contributed by atoms with Crippen molar-refractivity contribution in [3.63, 3.8) is 0 Å². The maximum atomic E-state index is 11.9. The third-order valence-corrected chi connectivity index (χ3v) is 3.83. The summed E-state index contributed by atoms with van der Waals surface area (Å²) in [6.07, 6.45) is 0.705. The summed E-state index contributed by atoms with van der Waals surface area (Å²) in [7, 11) is 3.20. The zero-order valence-corrected chi connectivity index (χ0v) is 12.8. The van der Waals surface area contributed by atoms with Crippen molar-refractivity contribution >= 4 is 22.2 Å². The first-order valence-corrected chi connectivity index (χ1v) is 7.35. The fourth-order valence-corrected chi connectivity index (χ4v) is 2.60. The fourth-order valence-electron chi connectivity index (χ4n) is 1.96. The summed E-state index contributed by atoms with van der Waals surface area (Å²) >= 11 is 1.36. The van der Waals surface area contributed by atoms with E-state index in [0.717, 1.165) is 5.56 Å². The fraction of sp³-hybridized carbons (Fsp3) is 0.267. The highest BCUT2D eigenvalue weighted by atomic mass is 32.1. The third kappa shape index (κ3) is 3.66. The number of benzene rings is 1. The number of nitrogen functional groups attached to an aromatic ring is 1. The van der Waals surface area contributed by atoms with Gasteiger partial charge in [0.1, 0.15) is 0 Å². The normalized spacial score (nSPS) is 10.2. The molecule has 21 heavy (non-hydrogen) atoms. The van der Waals surface area contributed by atoms with Crippen LogP contribution in [0.5, 0.6) is 11.5 Å². The Bertz CT molecular complexity index is 625. The number of methoxy groups -OCH3 is 2. The number of hydrogen-bond donors (Lipinski definition) is 2. The Kier molecular flexibility index (Phi) is 5.05. The quantitative estimate of drug-likeness (QED) is 0.859. The van der Waals surface area contributed by atoms with Gasteiger partial charge in [0.25, 0.3) is 5.91 Å². The van der Waals surface area contributed by atoms with Gasteiger partial charge in [-0.2, -0.15) is 0 Å². The average Bonchev–Trinajstić information content (AvgIpc) is 2.93. The molecule has 0 radical (unpaired) electrons. The van der Waals surface area contributed by atoms with E-state index in [2.05, 4.69) is 5.32 Å². The van der Waals surface area contributed by atoms with Crippen LogP contribution in [0.1, 0.15) is 15.9 Å². The molecule has 0 aliphatic rings. The Labute approximate surface area is 127 Å². The standard InChI is InChI=1S/C15H18N2O3S/c1-19-12-4-3-10(9-13(12)20-2)5-7-17-15(18)11-6-8-21-14(11)16/h3-4,6,8-9H,5,7,16H2,1-2H3,(H,17,18). The summed E-state index contributed by atoms with van der Waals surface area (Å²) in [5, 5.41) is 5.20. The first kappa shape index (κ1) is 15.2. The van der Waals surface area contributed by atoms with E-state index >= 15 is 0 Å². The molecule has 1 aromatic carbocycles. The summed E-state index contributed by atoms with van der Waals surface area (Å²) in [5.74, 6) is 1.23. The Morgan fingerprint density at radius 2 is 2.00 bits per heavy atom. The minimum Gasteiger partial charge on any atom is -0.493 e. The Balaban J connectivity index is 1.92. The highest BCUT2D eigenvalue weighted by Crippen LogP contribution is 2.27. The lowest BCUT2D eigenvalue weighted by molar-refractivity contribution is 0.0955. The molecule has 3 N–H and O–H groups in total. The van der Waals surface area contributed by atoms with Crippen LogP contribution in [0.4, 0.5) is 5.00 Å². The van der Waals surface area contributed by atoms with Gasteiger partial charge in [-0.1, -0.05) is 6.07 Å². The molecule has 1 aromatic heterocycles. The summed E-state index contributed by atoms with van der Waals surface area (Å²) in [6.45, 7) is 0.531. The molecule has 112 valence electrons. The van der Waals surface area contributed by atoms with Crippen LogP contribution in [0.15, 0.2) is 29.6 Å². The molecule has 0 atom stereocenters. The molecule has 2 aromatic rings. The maximum Gasteiger partial charge on any atom is 0.254 e. The molecule has 0 aliphatic heterocycles. The smallest absolute Gasteiger partial charge is 0.254 e. The molecule has 2 rings (SSSR count). The molecular formula is C15H18N2O3S. The monoisotopic (exact) mass is 306 g/mol. The van der Waals surface area contributed by atoms with E-state index < -0.39 is 0 Å². The van der Waals surface area contributed by atoms with Crippen molar-refractivity contribution < 1.29 is 14.3 Å².